The lowest BCUT2D eigenvalue weighted by atomic mass is 9.98. The standard InChI is InChI=1S/C14H21NO8/c1-13(2)20-7-8(21-13)10-12(23-14(3,4)22-10)19-9(7)11(18)15-5-6(16)17/h7-10,12H,5H2,1-4H3,(H,15,18)(H,16,17)/t7-,8+,9-,10-,12-/m1/s1. The number of carboxylic acids is 1. The Bertz CT molecular complexity index is 519. The van der Waals surface area contributed by atoms with Gasteiger partial charge in [-0.2, -0.15) is 0 Å². The number of hydrogen-bond acceptors (Lipinski definition) is 7. The lowest BCUT2D eigenvalue weighted by Crippen LogP contribution is -2.59. The monoisotopic (exact) mass is 331 g/mol. The summed E-state index contributed by atoms with van der Waals surface area (Å²) in [5.41, 5.74) is 0. The van der Waals surface area contributed by atoms with Crippen molar-refractivity contribution in [1.82, 2.24) is 5.32 Å². The molecule has 3 fully saturated rings. The fraction of sp³-hybridized carbons (Fsp3) is 0.857. The molecule has 3 rings (SSSR count). The van der Waals surface area contributed by atoms with Crippen molar-refractivity contribution in [2.45, 2.75) is 70.0 Å². The lowest BCUT2D eigenvalue weighted by Gasteiger charge is -2.36. The van der Waals surface area contributed by atoms with Gasteiger partial charge in [0.1, 0.15) is 24.9 Å². The van der Waals surface area contributed by atoms with Crippen molar-refractivity contribution in [1.29, 1.82) is 0 Å². The molecule has 1 amide bonds. The van der Waals surface area contributed by atoms with Gasteiger partial charge in [0, 0.05) is 0 Å². The Kier molecular flexibility index (Phi) is 3.88. The Hall–Kier alpha value is -1.26. The minimum atomic E-state index is -1.14. The first-order valence-electron chi connectivity index (χ1n) is 7.44. The molecule has 3 saturated heterocycles. The minimum absolute atomic E-state index is 0.503. The molecule has 0 radical (unpaired) electrons. The van der Waals surface area contributed by atoms with Gasteiger partial charge in [0.25, 0.3) is 5.91 Å². The van der Waals surface area contributed by atoms with E-state index in [9.17, 15) is 9.59 Å². The largest absolute Gasteiger partial charge is 0.480 e. The maximum Gasteiger partial charge on any atom is 0.322 e. The molecule has 3 aliphatic rings. The molecular weight excluding hydrogens is 310 g/mol. The summed E-state index contributed by atoms with van der Waals surface area (Å²) in [6.45, 7) is 6.44. The van der Waals surface area contributed by atoms with Crippen molar-refractivity contribution in [3.05, 3.63) is 0 Å². The van der Waals surface area contributed by atoms with Gasteiger partial charge >= 0.3 is 5.97 Å². The Labute approximate surface area is 133 Å². The SMILES string of the molecule is CC1(C)O[C@H]2[C@@H](O1)[C@H](C(=O)NCC(=O)O)O[C@@H]1OC(C)(C)O[C@@H]12. The molecule has 3 aliphatic heterocycles. The van der Waals surface area contributed by atoms with Crippen LogP contribution in [0.1, 0.15) is 27.7 Å². The summed E-state index contributed by atoms with van der Waals surface area (Å²) in [6, 6.07) is 0. The van der Waals surface area contributed by atoms with Crippen LogP contribution in [0.5, 0.6) is 0 Å². The number of aliphatic carboxylic acids is 1. The summed E-state index contributed by atoms with van der Waals surface area (Å²) < 4.78 is 28.8. The zero-order valence-corrected chi connectivity index (χ0v) is 13.4. The normalized spacial score (nSPS) is 40.3. The Balaban J connectivity index is 1.81. The smallest absolute Gasteiger partial charge is 0.322 e. The molecule has 0 unspecified atom stereocenters. The number of carbonyl (C=O) groups is 2. The highest BCUT2D eigenvalue weighted by Crippen LogP contribution is 2.44. The van der Waals surface area contributed by atoms with E-state index in [1.54, 1.807) is 27.7 Å². The van der Waals surface area contributed by atoms with E-state index in [1.165, 1.54) is 0 Å². The molecule has 9 heteroatoms. The quantitative estimate of drug-likeness (QED) is 0.717. The molecule has 0 aromatic heterocycles. The summed E-state index contributed by atoms with van der Waals surface area (Å²) in [5, 5.41) is 11.0. The van der Waals surface area contributed by atoms with Crippen LogP contribution < -0.4 is 5.32 Å². The minimum Gasteiger partial charge on any atom is -0.480 e. The molecule has 9 nitrogen and oxygen atoms in total. The first-order chi connectivity index (χ1) is 10.6. The molecule has 0 saturated carbocycles. The van der Waals surface area contributed by atoms with Crippen molar-refractivity contribution < 1.29 is 38.4 Å². The predicted molar refractivity (Wildman–Crippen MR) is 73.2 cm³/mol. The van der Waals surface area contributed by atoms with E-state index < -0.39 is 60.7 Å². The van der Waals surface area contributed by atoms with Gasteiger partial charge in [-0.25, -0.2) is 0 Å². The second kappa shape index (κ2) is 5.38. The predicted octanol–water partition coefficient (Wildman–Crippen LogP) is -0.416. The van der Waals surface area contributed by atoms with Crippen molar-refractivity contribution in [3.8, 4) is 0 Å². The highest BCUT2D eigenvalue weighted by molar-refractivity contribution is 5.85. The number of hydrogen-bond donors (Lipinski definition) is 2. The molecule has 3 heterocycles. The zero-order valence-electron chi connectivity index (χ0n) is 13.4. The second-order valence-electron chi connectivity index (χ2n) is 6.70. The van der Waals surface area contributed by atoms with Crippen molar-refractivity contribution in [3.63, 3.8) is 0 Å². The zero-order chi connectivity index (χ0) is 17.0. The second-order valence-corrected chi connectivity index (χ2v) is 6.70. The molecule has 0 aromatic carbocycles. The van der Waals surface area contributed by atoms with Gasteiger partial charge in [0.05, 0.1) is 0 Å². The maximum absolute atomic E-state index is 12.3. The average molecular weight is 331 g/mol. The summed E-state index contributed by atoms with van der Waals surface area (Å²) in [4.78, 5) is 22.9. The van der Waals surface area contributed by atoms with Crippen LogP contribution in [0.2, 0.25) is 0 Å². The number of rotatable bonds is 3. The van der Waals surface area contributed by atoms with Crippen LogP contribution in [-0.2, 0) is 33.3 Å². The molecule has 5 atom stereocenters. The van der Waals surface area contributed by atoms with E-state index in [0.717, 1.165) is 0 Å². The Morgan fingerprint density at radius 3 is 2.17 bits per heavy atom. The molecule has 23 heavy (non-hydrogen) atoms. The van der Waals surface area contributed by atoms with Crippen molar-refractivity contribution in [2.75, 3.05) is 6.54 Å². The van der Waals surface area contributed by atoms with Crippen LogP contribution in [0.3, 0.4) is 0 Å². The van der Waals surface area contributed by atoms with Crippen LogP contribution in [-0.4, -0.2) is 65.8 Å². The number of amides is 1. The first kappa shape index (κ1) is 16.6. The van der Waals surface area contributed by atoms with E-state index in [2.05, 4.69) is 5.32 Å². The van der Waals surface area contributed by atoms with Crippen LogP contribution in [0.25, 0.3) is 0 Å². The number of nitrogens with one attached hydrogen (secondary N) is 1. The van der Waals surface area contributed by atoms with Gasteiger partial charge in [0.2, 0.25) is 0 Å². The maximum atomic E-state index is 12.3. The Morgan fingerprint density at radius 2 is 1.52 bits per heavy atom. The van der Waals surface area contributed by atoms with Crippen LogP contribution >= 0.6 is 0 Å². The average Bonchev–Trinajstić information content (AvgIpc) is 2.89. The molecule has 130 valence electrons. The summed E-state index contributed by atoms with van der Waals surface area (Å²) in [6.07, 6.45) is -3.62. The van der Waals surface area contributed by atoms with Gasteiger partial charge in [-0.15, -0.1) is 0 Å². The molecule has 2 N–H and O–H groups in total. The molecule has 0 spiro atoms. The Morgan fingerprint density at radius 1 is 0.957 bits per heavy atom. The fourth-order valence-corrected chi connectivity index (χ4v) is 3.09. The number of carboxylic acid groups (broad SMARTS) is 1. The molecular formula is C14H21NO8. The fourth-order valence-electron chi connectivity index (χ4n) is 3.09. The first-order valence-corrected chi connectivity index (χ1v) is 7.44. The summed E-state index contributed by atoms with van der Waals surface area (Å²) >= 11 is 0. The van der Waals surface area contributed by atoms with E-state index in [4.69, 9.17) is 28.8 Å². The van der Waals surface area contributed by atoms with E-state index in [1.807, 2.05) is 0 Å². The van der Waals surface area contributed by atoms with Gasteiger partial charge in [-0.05, 0) is 27.7 Å². The third-order valence-electron chi connectivity index (χ3n) is 3.83. The van der Waals surface area contributed by atoms with Crippen LogP contribution in [0, 0.1) is 0 Å². The van der Waals surface area contributed by atoms with Gasteiger partial charge in [-0.3, -0.25) is 9.59 Å². The van der Waals surface area contributed by atoms with Crippen molar-refractivity contribution in [2.24, 2.45) is 0 Å². The van der Waals surface area contributed by atoms with Crippen LogP contribution in [0.15, 0.2) is 0 Å². The third-order valence-corrected chi connectivity index (χ3v) is 3.83. The number of carbonyl (C=O) groups excluding carboxylic acids is 1. The van der Waals surface area contributed by atoms with Crippen LogP contribution in [0.4, 0.5) is 0 Å². The van der Waals surface area contributed by atoms with Gasteiger partial charge < -0.3 is 34.1 Å². The van der Waals surface area contributed by atoms with E-state index >= 15 is 0 Å². The lowest BCUT2D eigenvalue weighted by molar-refractivity contribution is -0.231. The van der Waals surface area contributed by atoms with Gasteiger partial charge in [-0.1, -0.05) is 0 Å². The summed E-state index contributed by atoms with van der Waals surface area (Å²) in [5.74, 6) is -3.51. The third kappa shape index (κ3) is 3.20. The topological polar surface area (TPSA) is 113 Å². The number of fused-ring (bicyclic) bond motifs is 3. The number of ether oxygens (including phenoxy) is 5. The molecule has 0 bridgehead atoms. The highest BCUT2D eigenvalue weighted by atomic mass is 16.9. The summed E-state index contributed by atoms with van der Waals surface area (Å²) in [7, 11) is 0. The van der Waals surface area contributed by atoms with E-state index in [0.29, 0.717) is 0 Å². The van der Waals surface area contributed by atoms with Crippen molar-refractivity contribution >= 4 is 11.9 Å². The van der Waals surface area contributed by atoms with Gasteiger partial charge in [0.15, 0.2) is 24.0 Å². The molecule has 0 aliphatic carbocycles. The molecule has 0 aromatic rings. The highest BCUT2D eigenvalue weighted by Gasteiger charge is 2.62. The van der Waals surface area contributed by atoms with E-state index in [-0.39, 0.29) is 0 Å².